The van der Waals surface area contributed by atoms with Gasteiger partial charge in [0.2, 0.25) is 5.91 Å². The second-order valence-electron chi connectivity index (χ2n) is 10.7. The van der Waals surface area contributed by atoms with Crippen LogP contribution >= 0.6 is 0 Å². The molecule has 0 saturated heterocycles. The zero-order valence-corrected chi connectivity index (χ0v) is 22.9. The van der Waals surface area contributed by atoms with Gasteiger partial charge in [0.25, 0.3) is 0 Å². The Morgan fingerprint density at radius 2 is 1.50 bits per heavy atom. The third kappa shape index (κ3) is 7.05. The van der Waals surface area contributed by atoms with Crippen molar-refractivity contribution < 1.29 is 23.9 Å². The molecule has 1 aliphatic carbocycles. The molecule has 0 aromatic heterocycles. The highest BCUT2D eigenvalue weighted by Crippen LogP contribution is 2.31. The molecular weight excluding hydrogens is 508 g/mol. The maximum Gasteiger partial charge on any atom is 0.420 e. The smallest absolute Gasteiger partial charge is 0.420 e. The number of hydrogen-bond donors (Lipinski definition) is 3. The molecule has 3 aromatic carbocycles. The van der Waals surface area contributed by atoms with Crippen LogP contribution < -0.4 is 15.5 Å². The van der Waals surface area contributed by atoms with Gasteiger partial charge in [0, 0.05) is 19.4 Å². The van der Waals surface area contributed by atoms with Crippen LogP contribution in [-0.4, -0.2) is 35.6 Å². The van der Waals surface area contributed by atoms with E-state index in [1.54, 1.807) is 45.0 Å². The van der Waals surface area contributed by atoms with Crippen molar-refractivity contribution in [2.45, 2.75) is 57.9 Å². The number of nitrogens with zero attached hydrogens (tertiary/aromatic N) is 1. The van der Waals surface area contributed by atoms with Crippen LogP contribution in [0.25, 0.3) is 0 Å². The van der Waals surface area contributed by atoms with Crippen molar-refractivity contribution in [2.24, 2.45) is 0 Å². The lowest BCUT2D eigenvalue weighted by Gasteiger charge is -2.30. The lowest BCUT2D eigenvalue weighted by molar-refractivity contribution is -0.127. The van der Waals surface area contributed by atoms with E-state index in [1.165, 1.54) is 0 Å². The van der Waals surface area contributed by atoms with Gasteiger partial charge >= 0.3 is 12.2 Å². The molecule has 9 nitrogen and oxygen atoms in total. The Balaban J connectivity index is 1.40. The number of alkyl carbamates (subject to hydrolysis) is 1. The van der Waals surface area contributed by atoms with E-state index in [1.807, 2.05) is 54.6 Å². The summed E-state index contributed by atoms with van der Waals surface area (Å²) in [5, 5.41) is 13.5. The van der Waals surface area contributed by atoms with E-state index in [4.69, 9.17) is 14.9 Å². The van der Waals surface area contributed by atoms with Gasteiger partial charge in [0.15, 0.2) is 0 Å². The lowest BCUT2D eigenvalue weighted by Crippen LogP contribution is -2.60. The van der Waals surface area contributed by atoms with E-state index in [0.29, 0.717) is 18.5 Å². The van der Waals surface area contributed by atoms with E-state index in [9.17, 15) is 14.4 Å². The molecule has 0 unspecified atom stereocenters. The molecular formula is C31H34N4O5. The molecule has 0 radical (unpaired) electrons. The number of nitrogens with one attached hydrogen (secondary N) is 3. The zero-order valence-electron chi connectivity index (χ0n) is 22.9. The molecule has 0 atom stereocenters. The van der Waals surface area contributed by atoms with Gasteiger partial charge in [0.05, 0.1) is 12.0 Å². The fourth-order valence-electron chi connectivity index (χ4n) is 4.57. The Morgan fingerprint density at radius 1 is 0.900 bits per heavy atom. The molecule has 208 valence electrons. The molecule has 0 fully saturated rings. The summed E-state index contributed by atoms with van der Waals surface area (Å²) in [5.41, 5.74) is 2.21. The molecule has 3 N–H and O–H groups in total. The number of amides is 3. The number of rotatable bonds is 8. The quantitative estimate of drug-likeness (QED) is 0.270. The minimum absolute atomic E-state index is 0.0943. The van der Waals surface area contributed by atoms with Gasteiger partial charge in [-0.3, -0.25) is 10.2 Å². The van der Waals surface area contributed by atoms with Gasteiger partial charge < -0.3 is 20.1 Å². The molecule has 4 rings (SSSR count). The van der Waals surface area contributed by atoms with E-state index in [0.717, 1.165) is 33.5 Å². The first-order chi connectivity index (χ1) is 19.1. The number of hydrogen-bond acceptors (Lipinski definition) is 6. The highest BCUT2D eigenvalue weighted by Gasteiger charge is 2.45. The van der Waals surface area contributed by atoms with Crippen molar-refractivity contribution in [1.82, 2.24) is 10.6 Å². The Bertz CT molecular complexity index is 1340. The van der Waals surface area contributed by atoms with E-state index in [2.05, 4.69) is 10.6 Å². The van der Waals surface area contributed by atoms with Crippen LogP contribution in [0.4, 0.5) is 15.3 Å². The summed E-state index contributed by atoms with van der Waals surface area (Å²) in [7, 11) is 0. The van der Waals surface area contributed by atoms with Crippen LogP contribution in [0.2, 0.25) is 0 Å². The van der Waals surface area contributed by atoms with E-state index >= 15 is 0 Å². The highest BCUT2D eigenvalue weighted by atomic mass is 16.6. The Kier molecular flexibility index (Phi) is 8.52. The van der Waals surface area contributed by atoms with Crippen LogP contribution in [0.15, 0.2) is 78.9 Å². The number of anilines is 1. The summed E-state index contributed by atoms with van der Waals surface area (Å²) >= 11 is 0. The zero-order chi connectivity index (χ0) is 28.8. The first-order valence-corrected chi connectivity index (χ1v) is 13.0. The summed E-state index contributed by atoms with van der Waals surface area (Å²) in [6.07, 6.45) is 0.286. The van der Waals surface area contributed by atoms with Gasteiger partial charge in [-0.25, -0.2) is 14.5 Å². The summed E-state index contributed by atoms with van der Waals surface area (Å²) in [6.45, 7) is 5.62. The van der Waals surface area contributed by atoms with Crippen molar-refractivity contribution in [3.63, 3.8) is 0 Å². The minimum atomic E-state index is -1.18. The standard InChI is InChI=1S/C31H34N4O5/c1-30(2,3)40-28(37)34-31(17-24-11-7-8-12-25(24)18-31)27(36)33-19-22-13-15-26(16-14-22)35(21-32)29(38)39-20-23-9-5-4-6-10-23/h4-16,21,32H,17-20H2,1-3H3,(H,33,36)(H,34,37). The first kappa shape index (κ1) is 28.4. The predicted molar refractivity (Wildman–Crippen MR) is 152 cm³/mol. The Morgan fingerprint density at radius 3 is 2.08 bits per heavy atom. The van der Waals surface area contributed by atoms with Crippen LogP contribution in [-0.2, 0) is 40.3 Å². The largest absolute Gasteiger partial charge is 0.444 e. The van der Waals surface area contributed by atoms with Gasteiger partial charge in [-0.1, -0.05) is 66.7 Å². The number of fused-ring (bicyclic) bond motifs is 1. The van der Waals surface area contributed by atoms with Crippen LogP contribution in [0.3, 0.4) is 0 Å². The fourth-order valence-corrected chi connectivity index (χ4v) is 4.57. The second-order valence-corrected chi connectivity index (χ2v) is 10.7. The van der Waals surface area contributed by atoms with E-state index < -0.39 is 23.3 Å². The van der Waals surface area contributed by atoms with Crippen molar-refractivity contribution in [3.05, 3.63) is 101 Å². The fraction of sp³-hybridized carbons (Fsp3) is 0.290. The second kappa shape index (κ2) is 12.0. The Hall–Kier alpha value is -4.66. The number of carbonyl (C=O) groups excluding carboxylic acids is 3. The summed E-state index contributed by atoms with van der Waals surface area (Å²) in [4.78, 5) is 39.9. The van der Waals surface area contributed by atoms with Crippen molar-refractivity contribution in [3.8, 4) is 0 Å². The average molecular weight is 543 g/mol. The number of benzene rings is 3. The van der Waals surface area contributed by atoms with Gasteiger partial charge in [0.1, 0.15) is 17.7 Å². The molecule has 0 saturated carbocycles. The molecule has 0 bridgehead atoms. The SMILES string of the molecule is CC(C)(C)OC(=O)NC1(C(=O)NCc2ccc(N(C=N)C(=O)OCc3ccccc3)cc2)Cc2ccccc2C1. The topological polar surface area (TPSA) is 121 Å². The van der Waals surface area contributed by atoms with Gasteiger partial charge in [-0.15, -0.1) is 0 Å². The molecule has 3 aromatic rings. The lowest BCUT2D eigenvalue weighted by atomic mass is 9.94. The predicted octanol–water partition coefficient (Wildman–Crippen LogP) is 5.12. The highest BCUT2D eigenvalue weighted by molar-refractivity contribution is 6.04. The number of carbonyl (C=O) groups is 3. The maximum absolute atomic E-state index is 13.5. The van der Waals surface area contributed by atoms with Gasteiger partial charge in [-0.2, -0.15) is 0 Å². The summed E-state index contributed by atoms with van der Waals surface area (Å²) in [6, 6.07) is 23.9. The number of ether oxygens (including phenoxy) is 2. The average Bonchev–Trinajstić information content (AvgIpc) is 3.30. The van der Waals surface area contributed by atoms with Crippen molar-refractivity contribution in [1.29, 1.82) is 5.41 Å². The maximum atomic E-state index is 13.5. The third-order valence-electron chi connectivity index (χ3n) is 6.48. The third-order valence-corrected chi connectivity index (χ3v) is 6.48. The van der Waals surface area contributed by atoms with Gasteiger partial charge in [-0.05, 0) is 55.2 Å². The molecule has 3 amide bonds. The van der Waals surface area contributed by atoms with Crippen LogP contribution in [0, 0.1) is 5.41 Å². The molecule has 1 aliphatic rings. The summed E-state index contributed by atoms with van der Waals surface area (Å²) < 4.78 is 10.8. The summed E-state index contributed by atoms with van der Waals surface area (Å²) in [5.74, 6) is -0.316. The Labute approximate surface area is 234 Å². The molecule has 0 aliphatic heterocycles. The molecule has 9 heteroatoms. The minimum Gasteiger partial charge on any atom is -0.444 e. The molecule has 40 heavy (non-hydrogen) atoms. The van der Waals surface area contributed by atoms with Crippen LogP contribution in [0.1, 0.15) is 43.0 Å². The van der Waals surface area contributed by atoms with Crippen molar-refractivity contribution in [2.75, 3.05) is 4.90 Å². The normalized spacial score (nSPS) is 13.5. The monoisotopic (exact) mass is 542 g/mol. The molecule has 0 heterocycles. The van der Waals surface area contributed by atoms with Crippen LogP contribution in [0.5, 0.6) is 0 Å². The van der Waals surface area contributed by atoms with Crippen molar-refractivity contribution >= 4 is 30.1 Å². The molecule has 0 spiro atoms. The van der Waals surface area contributed by atoms with E-state index in [-0.39, 0.29) is 19.1 Å². The first-order valence-electron chi connectivity index (χ1n) is 13.0.